The Morgan fingerprint density at radius 1 is 1.55 bits per heavy atom. The van der Waals surface area contributed by atoms with Crippen LogP contribution in [0, 0.1) is 6.92 Å². The summed E-state index contributed by atoms with van der Waals surface area (Å²) in [7, 11) is 0. The molecule has 2 N–H and O–H groups in total. The van der Waals surface area contributed by atoms with Gasteiger partial charge in [-0.05, 0) is 18.6 Å². The minimum absolute atomic E-state index is 0.998. The van der Waals surface area contributed by atoms with E-state index in [9.17, 15) is 0 Å². The maximum absolute atomic E-state index is 5.02. The lowest BCUT2D eigenvalue weighted by Gasteiger charge is -1.97. The molecule has 0 bridgehead atoms. The van der Waals surface area contributed by atoms with Crippen LogP contribution in [0.15, 0.2) is 27.8 Å². The van der Waals surface area contributed by atoms with E-state index >= 15 is 0 Å². The van der Waals surface area contributed by atoms with Crippen molar-refractivity contribution < 1.29 is 0 Å². The second kappa shape index (κ2) is 3.53. The molecule has 3 heteroatoms. The first-order valence-corrected chi connectivity index (χ1v) is 4.03. The zero-order valence-electron chi connectivity index (χ0n) is 6.21. The van der Waals surface area contributed by atoms with Gasteiger partial charge in [0.15, 0.2) is 0 Å². The second-order valence-corrected chi connectivity index (χ2v) is 3.16. The fraction of sp³-hybridized carbons (Fsp3) is 0.125. The van der Waals surface area contributed by atoms with Crippen molar-refractivity contribution in [2.75, 3.05) is 0 Å². The summed E-state index contributed by atoms with van der Waals surface area (Å²) in [5.41, 5.74) is 2.21. The molecular weight excluding hydrogens is 204 g/mol. The number of hydrazone groups is 1. The van der Waals surface area contributed by atoms with Gasteiger partial charge in [-0.15, -0.1) is 0 Å². The predicted octanol–water partition coefficient (Wildman–Crippen LogP) is 2.05. The van der Waals surface area contributed by atoms with Crippen molar-refractivity contribution >= 4 is 22.1 Å². The van der Waals surface area contributed by atoms with E-state index in [4.69, 9.17) is 5.84 Å². The van der Waals surface area contributed by atoms with Crippen molar-refractivity contribution in [2.45, 2.75) is 6.92 Å². The molecule has 0 fully saturated rings. The third-order valence-electron chi connectivity index (χ3n) is 1.37. The molecule has 2 nitrogen and oxygen atoms in total. The van der Waals surface area contributed by atoms with Gasteiger partial charge >= 0.3 is 0 Å². The Morgan fingerprint density at radius 2 is 2.27 bits per heavy atom. The normalized spacial score (nSPS) is 10.7. The third-order valence-corrected chi connectivity index (χ3v) is 2.06. The SMILES string of the molecule is Cc1ccc(C=NN)c(Br)c1. The summed E-state index contributed by atoms with van der Waals surface area (Å²) in [6.45, 7) is 2.04. The van der Waals surface area contributed by atoms with Gasteiger partial charge in [0.05, 0.1) is 6.21 Å². The van der Waals surface area contributed by atoms with E-state index in [1.54, 1.807) is 6.21 Å². The zero-order valence-corrected chi connectivity index (χ0v) is 7.80. The Hall–Kier alpha value is -0.830. The molecule has 0 aliphatic heterocycles. The topological polar surface area (TPSA) is 38.4 Å². The molecule has 0 aromatic heterocycles. The van der Waals surface area contributed by atoms with Crippen molar-refractivity contribution in [1.29, 1.82) is 0 Å². The van der Waals surface area contributed by atoms with Gasteiger partial charge in [0, 0.05) is 10.0 Å². The molecule has 0 radical (unpaired) electrons. The van der Waals surface area contributed by atoms with Gasteiger partial charge in [-0.25, -0.2) is 0 Å². The van der Waals surface area contributed by atoms with Crippen molar-refractivity contribution in [3.05, 3.63) is 33.8 Å². The van der Waals surface area contributed by atoms with Gasteiger partial charge in [-0.2, -0.15) is 5.10 Å². The lowest BCUT2D eigenvalue weighted by Crippen LogP contribution is -1.88. The summed E-state index contributed by atoms with van der Waals surface area (Å²) in [4.78, 5) is 0. The van der Waals surface area contributed by atoms with Crippen molar-refractivity contribution in [1.82, 2.24) is 0 Å². The zero-order chi connectivity index (χ0) is 8.27. The van der Waals surface area contributed by atoms with E-state index in [2.05, 4.69) is 21.0 Å². The van der Waals surface area contributed by atoms with Crippen LogP contribution in [0.25, 0.3) is 0 Å². The molecule has 58 valence electrons. The molecule has 0 atom stereocenters. The number of hydrogen-bond donors (Lipinski definition) is 1. The van der Waals surface area contributed by atoms with Crippen LogP contribution in [-0.2, 0) is 0 Å². The second-order valence-electron chi connectivity index (χ2n) is 2.30. The Kier molecular flexibility index (Phi) is 2.65. The molecule has 1 aromatic carbocycles. The highest BCUT2D eigenvalue weighted by atomic mass is 79.9. The molecule has 0 saturated carbocycles. The molecule has 0 heterocycles. The number of rotatable bonds is 1. The first kappa shape index (κ1) is 8.27. The predicted molar refractivity (Wildman–Crippen MR) is 50.7 cm³/mol. The van der Waals surface area contributed by atoms with Crippen LogP contribution < -0.4 is 5.84 Å². The number of nitrogens with zero attached hydrogens (tertiary/aromatic N) is 1. The number of hydrogen-bond acceptors (Lipinski definition) is 2. The highest BCUT2D eigenvalue weighted by Crippen LogP contribution is 2.16. The van der Waals surface area contributed by atoms with Crippen LogP contribution in [0.1, 0.15) is 11.1 Å². The first-order valence-electron chi connectivity index (χ1n) is 3.23. The molecule has 0 unspecified atom stereocenters. The maximum Gasteiger partial charge on any atom is 0.0549 e. The number of nitrogens with two attached hydrogens (primary N) is 1. The van der Waals surface area contributed by atoms with Crippen molar-refractivity contribution in [2.24, 2.45) is 10.9 Å². The van der Waals surface area contributed by atoms with Gasteiger partial charge < -0.3 is 5.84 Å². The lowest BCUT2D eigenvalue weighted by atomic mass is 10.2. The summed E-state index contributed by atoms with van der Waals surface area (Å²) in [6.07, 6.45) is 1.61. The van der Waals surface area contributed by atoms with Crippen LogP contribution in [0.2, 0.25) is 0 Å². The minimum atomic E-state index is 0.998. The van der Waals surface area contributed by atoms with Crippen LogP contribution >= 0.6 is 15.9 Å². The van der Waals surface area contributed by atoms with Crippen LogP contribution in [0.4, 0.5) is 0 Å². The third kappa shape index (κ3) is 2.05. The molecule has 0 aliphatic rings. The average Bonchev–Trinajstić information content (AvgIpc) is 1.95. The lowest BCUT2D eigenvalue weighted by molar-refractivity contribution is 1.26. The Balaban J connectivity index is 3.09. The van der Waals surface area contributed by atoms with Gasteiger partial charge in [-0.3, -0.25) is 0 Å². The Morgan fingerprint density at radius 3 is 2.82 bits per heavy atom. The molecule has 0 aliphatic carbocycles. The monoisotopic (exact) mass is 212 g/mol. The fourth-order valence-corrected chi connectivity index (χ4v) is 1.41. The van der Waals surface area contributed by atoms with Crippen LogP contribution in [0.3, 0.4) is 0 Å². The maximum atomic E-state index is 5.02. The number of halogens is 1. The Bertz CT molecular complexity index is 281. The molecule has 0 saturated heterocycles. The highest BCUT2D eigenvalue weighted by Gasteiger charge is 1.94. The molecule has 1 aromatic rings. The Labute approximate surface area is 74.2 Å². The van der Waals surface area contributed by atoms with E-state index in [0.29, 0.717) is 0 Å². The van der Waals surface area contributed by atoms with Gasteiger partial charge in [0.2, 0.25) is 0 Å². The molecule has 11 heavy (non-hydrogen) atoms. The summed E-state index contributed by atoms with van der Waals surface area (Å²) < 4.78 is 1.02. The summed E-state index contributed by atoms with van der Waals surface area (Å²) in [5, 5.41) is 3.44. The number of aryl methyl sites for hydroxylation is 1. The van der Waals surface area contributed by atoms with E-state index < -0.39 is 0 Å². The van der Waals surface area contributed by atoms with E-state index in [1.807, 2.05) is 25.1 Å². The molecular formula is C8H9BrN2. The highest BCUT2D eigenvalue weighted by molar-refractivity contribution is 9.10. The van der Waals surface area contributed by atoms with Gasteiger partial charge in [-0.1, -0.05) is 28.1 Å². The molecule has 1 rings (SSSR count). The van der Waals surface area contributed by atoms with Crippen LogP contribution in [0.5, 0.6) is 0 Å². The van der Waals surface area contributed by atoms with E-state index in [1.165, 1.54) is 5.56 Å². The smallest absolute Gasteiger partial charge is 0.0549 e. The standard InChI is InChI=1S/C8H9BrN2/c1-6-2-3-7(5-11-10)8(9)4-6/h2-5H,10H2,1H3. The van der Waals surface area contributed by atoms with Crippen LogP contribution in [-0.4, -0.2) is 6.21 Å². The fourth-order valence-electron chi connectivity index (χ4n) is 0.817. The minimum Gasteiger partial charge on any atom is -0.323 e. The van der Waals surface area contributed by atoms with Gasteiger partial charge in [0.1, 0.15) is 0 Å². The van der Waals surface area contributed by atoms with Crippen molar-refractivity contribution in [3.8, 4) is 0 Å². The molecule has 0 spiro atoms. The van der Waals surface area contributed by atoms with Gasteiger partial charge in [0.25, 0.3) is 0 Å². The van der Waals surface area contributed by atoms with Crippen molar-refractivity contribution in [3.63, 3.8) is 0 Å². The quantitative estimate of drug-likeness (QED) is 0.432. The summed E-state index contributed by atoms with van der Waals surface area (Å²) in [5.74, 6) is 5.02. The van der Waals surface area contributed by atoms with E-state index in [0.717, 1.165) is 10.0 Å². The van der Waals surface area contributed by atoms with E-state index in [-0.39, 0.29) is 0 Å². The number of benzene rings is 1. The first-order chi connectivity index (χ1) is 5.24. The summed E-state index contributed by atoms with van der Waals surface area (Å²) >= 11 is 3.40. The average molecular weight is 213 g/mol. The molecule has 0 amide bonds. The summed E-state index contributed by atoms with van der Waals surface area (Å²) in [6, 6.07) is 6.01. The largest absolute Gasteiger partial charge is 0.323 e.